The van der Waals surface area contributed by atoms with Crippen LogP contribution in [0.3, 0.4) is 0 Å². The van der Waals surface area contributed by atoms with Crippen molar-refractivity contribution in [3.05, 3.63) is 24.3 Å². The van der Waals surface area contributed by atoms with Gasteiger partial charge < -0.3 is 15.0 Å². The first kappa shape index (κ1) is 16.3. The number of sulfonamides is 1. The number of ether oxygens (including phenoxy) is 1. The number of hydrogen-bond donors (Lipinski definition) is 2. The third-order valence-corrected chi connectivity index (χ3v) is 6.91. The Morgan fingerprint density at radius 2 is 1.96 bits per heavy atom. The molecule has 0 aliphatic carbocycles. The Morgan fingerprint density at radius 1 is 1.17 bits per heavy atom. The maximum Gasteiger partial charge on any atom is 0.244 e. The van der Waals surface area contributed by atoms with Gasteiger partial charge in [0.25, 0.3) is 0 Å². The second kappa shape index (κ2) is 6.63. The molecule has 3 heterocycles. The van der Waals surface area contributed by atoms with E-state index in [9.17, 15) is 8.42 Å². The van der Waals surface area contributed by atoms with Crippen LogP contribution in [0, 0.1) is 11.8 Å². The molecule has 2 saturated heterocycles. The zero-order valence-corrected chi connectivity index (χ0v) is 14.6. The first-order valence-corrected chi connectivity index (χ1v) is 10.3. The summed E-state index contributed by atoms with van der Waals surface area (Å²) in [5, 5.41) is 3.38. The first-order valence-electron chi connectivity index (χ1n) is 8.80. The minimum absolute atomic E-state index is 0.207. The molecule has 0 saturated carbocycles. The summed E-state index contributed by atoms with van der Waals surface area (Å²) in [4.78, 5) is 2.85. The van der Waals surface area contributed by atoms with E-state index in [1.807, 2.05) is 12.1 Å². The lowest BCUT2D eigenvalue weighted by Gasteiger charge is -2.39. The SMILES string of the molecule is O=S1(=O)NC(C2CCN(CC3CCOC3)CC2)Nc2ccccc21. The molecule has 2 unspecified atom stereocenters. The first-order chi connectivity index (χ1) is 11.6. The van der Waals surface area contributed by atoms with Crippen LogP contribution < -0.4 is 10.0 Å². The Hall–Kier alpha value is -1.15. The molecule has 132 valence electrons. The van der Waals surface area contributed by atoms with Crippen LogP contribution in [0.4, 0.5) is 5.69 Å². The molecule has 4 rings (SSSR count). The van der Waals surface area contributed by atoms with Crippen molar-refractivity contribution in [2.24, 2.45) is 11.8 Å². The summed E-state index contributed by atoms with van der Waals surface area (Å²) in [5.74, 6) is 0.990. The van der Waals surface area contributed by atoms with E-state index in [0.29, 0.717) is 22.4 Å². The molecular formula is C17H25N3O3S. The number of rotatable bonds is 3. The van der Waals surface area contributed by atoms with Crippen molar-refractivity contribution in [1.82, 2.24) is 9.62 Å². The van der Waals surface area contributed by atoms with E-state index in [2.05, 4.69) is 14.9 Å². The van der Waals surface area contributed by atoms with Crippen molar-refractivity contribution in [1.29, 1.82) is 0 Å². The molecule has 6 nitrogen and oxygen atoms in total. The molecule has 0 amide bonds. The molecule has 0 radical (unpaired) electrons. The largest absolute Gasteiger partial charge is 0.381 e. The normalized spacial score (nSPS) is 30.7. The third-order valence-electron chi connectivity index (χ3n) is 5.41. The lowest BCUT2D eigenvalue weighted by molar-refractivity contribution is 0.134. The predicted octanol–water partition coefficient (Wildman–Crippen LogP) is 1.47. The number of nitrogens with one attached hydrogen (secondary N) is 2. The van der Waals surface area contributed by atoms with Gasteiger partial charge in [-0.2, -0.15) is 4.72 Å². The van der Waals surface area contributed by atoms with Gasteiger partial charge in [-0.1, -0.05) is 12.1 Å². The molecule has 2 atom stereocenters. The van der Waals surface area contributed by atoms with Crippen molar-refractivity contribution in [3.8, 4) is 0 Å². The second-order valence-corrected chi connectivity index (χ2v) is 8.79. The maximum absolute atomic E-state index is 12.4. The van der Waals surface area contributed by atoms with Crippen LogP contribution in [-0.4, -0.2) is 52.3 Å². The van der Waals surface area contributed by atoms with Crippen molar-refractivity contribution in [2.45, 2.75) is 30.3 Å². The summed E-state index contributed by atoms with van der Waals surface area (Å²) in [7, 11) is -3.42. The van der Waals surface area contributed by atoms with E-state index in [4.69, 9.17) is 4.74 Å². The molecule has 2 N–H and O–H groups in total. The zero-order chi connectivity index (χ0) is 16.6. The van der Waals surface area contributed by atoms with E-state index < -0.39 is 10.0 Å². The van der Waals surface area contributed by atoms with Crippen molar-refractivity contribution < 1.29 is 13.2 Å². The molecule has 1 aromatic rings. The van der Waals surface area contributed by atoms with Crippen LogP contribution in [0.1, 0.15) is 19.3 Å². The van der Waals surface area contributed by atoms with Crippen LogP contribution in [0.25, 0.3) is 0 Å². The third kappa shape index (κ3) is 3.31. The number of fused-ring (bicyclic) bond motifs is 1. The van der Waals surface area contributed by atoms with Gasteiger partial charge in [-0.25, -0.2) is 8.42 Å². The van der Waals surface area contributed by atoms with Gasteiger partial charge in [-0.15, -0.1) is 0 Å². The fraction of sp³-hybridized carbons (Fsp3) is 0.647. The predicted molar refractivity (Wildman–Crippen MR) is 92.3 cm³/mol. The molecule has 1 aromatic carbocycles. The highest BCUT2D eigenvalue weighted by atomic mass is 32.2. The Kier molecular flexibility index (Phi) is 4.51. The van der Waals surface area contributed by atoms with Gasteiger partial charge in [0.1, 0.15) is 4.90 Å². The van der Waals surface area contributed by atoms with Crippen LogP contribution in [-0.2, 0) is 14.8 Å². The monoisotopic (exact) mass is 351 g/mol. The Bertz CT molecular complexity index is 680. The molecule has 3 aliphatic heterocycles. The molecule has 0 spiro atoms. The number of benzene rings is 1. The van der Waals surface area contributed by atoms with Gasteiger partial charge in [0.05, 0.1) is 18.5 Å². The highest BCUT2D eigenvalue weighted by molar-refractivity contribution is 7.89. The summed E-state index contributed by atoms with van der Waals surface area (Å²) >= 11 is 0. The highest BCUT2D eigenvalue weighted by Gasteiger charge is 2.35. The lowest BCUT2D eigenvalue weighted by Crippen LogP contribution is -2.52. The molecular weight excluding hydrogens is 326 g/mol. The van der Waals surface area contributed by atoms with E-state index in [1.165, 1.54) is 6.42 Å². The average molecular weight is 351 g/mol. The molecule has 24 heavy (non-hydrogen) atoms. The van der Waals surface area contributed by atoms with Crippen molar-refractivity contribution in [2.75, 3.05) is 38.2 Å². The van der Waals surface area contributed by atoms with Crippen LogP contribution in [0.5, 0.6) is 0 Å². The second-order valence-electron chi connectivity index (χ2n) is 7.11. The molecule has 7 heteroatoms. The number of piperidine rings is 1. The Morgan fingerprint density at radius 3 is 2.71 bits per heavy atom. The number of anilines is 1. The van der Waals surface area contributed by atoms with Gasteiger partial charge in [0, 0.05) is 13.2 Å². The van der Waals surface area contributed by atoms with E-state index in [1.54, 1.807) is 12.1 Å². The van der Waals surface area contributed by atoms with Crippen LogP contribution in [0.15, 0.2) is 29.2 Å². The summed E-state index contributed by atoms with van der Waals surface area (Å²) in [6, 6.07) is 7.12. The number of para-hydroxylation sites is 1. The van der Waals surface area contributed by atoms with Gasteiger partial charge in [-0.05, 0) is 56.3 Å². The Labute approximate surface area is 143 Å². The van der Waals surface area contributed by atoms with Gasteiger partial charge in [0.2, 0.25) is 10.0 Å². The number of nitrogens with zero attached hydrogens (tertiary/aromatic N) is 1. The lowest BCUT2D eigenvalue weighted by atomic mass is 9.93. The quantitative estimate of drug-likeness (QED) is 0.863. The van der Waals surface area contributed by atoms with Crippen LogP contribution >= 0.6 is 0 Å². The highest BCUT2D eigenvalue weighted by Crippen LogP contribution is 2.31. The van der Waals surface area contributed by atoms with E-state index in [0.717, 1.165) is 45.7 Å². The zero-order valence-electron chi connectivity index (χ0n) is 13.8. The molecule has 0 bridgehead atoms. The summed E-state index contributed by atoms with van der Waals surface area (Å²) < 4.78 is 33.2. The Balaban J connectivity index is 1.38. The standard InChI is InChI=1S/C17H25N3O3S/c21-24(22)16-4-2-1-3-15(16)18-17(19-24)14-5-8-20(9-6-14)11-13-7-10-23-12-13/h1-4,13-14,17-19H,5-12H2. The fourth-order valence-corrected chi connectivity index (χ4v) is 5.41. The fourth-order valence-electron chi connectivity index (χ4n) is 4.02. The summed E-state index contributed by atoms with van der Waals surface area (Å²) in [6.07, 6.45) is 2.98. The minimum Gasteiger partial charge on any atom is -0.381 e. The smallest absolute Gasteiger partial charge is 0.244 e. The van der Waals surface area contributed by atoms with Gasteiger partial charge in [0.15, 0.2) is 0 Å². The van der Waals surface area contributed by atoms with Gasteiger partial charge >= 0.3 is 0 Å². The van der Waals surface area contributed by atoms with Gasteiger partial charge in [-0.3, -0.25) is 0 Å². The van der Waals surface area contributed by atoms with Crippen molar-refractivity contribution in [3.63, 3.8) is 0 Å². The number of likely N-dealkylation sites (tertiary alicyclic amines) is 1. The van der Waals surface area contributed by atoms with E-state index >= 15 is 0 Å². The summed E-state index contributed by atoms with van der Waals surface area (Å²) in [6.45, 7) is 4.96. The topological polar surface area (TPSA) is 70.7 Å². The summed E-state index contributed by atoms with van der Waals surface area (Å²) in [5.41, 5.74) is 0.715. The maximum atomic E-state index is 12.4. The number of hydrogen-bond acceptors (Lipinski definition) is 5. The average Bonchev–Trinajstić information content (AvgIpc) is 3.08. The molecule has 2 fully saturated rings. The molecule has 3 aliphatic rings. The van der Waals surface area contributed by atoms with Crippen molar-refractivity contribution >= 4 is 15.7 Å². The van der Waals surface area contributed by atoms with E-state index in [-0.39, 0.29) is 6.17 Å². The van der Waals surface area contributed by atoms with Crippen LogP contribution in [0.2, 0.25) is 0 Å². The molecule has 0 aromatic heterocycles. The minimum atomic E-state index is -3.42.